The average molecular weight is 264 g/mol. The molecule has 0 aliphatic carbocycles. The lowest BCUT2D eigenvalue weighted by atomic mass is 10.1. The SMILES string of the molecule is CC(=O)NC1CCN(c2ccc(C(=O)O)nn2)CC1. The summed E-state index contributed by atoms with van der Waals surface area (Å²) in [5.74, 6) is -0.418. The summed E-state index contributed by atoms with van der Waals surface area (Å²) in [6.07, 6.45) is 1.70. The largest absolute Gasteiger partial charge is 0.476 e. The van der Waals surface area contributed by atoms with E-state index in [0.29, 0.717) is 5.82 Å². The van der Waals surface area contributed by atoms with E-state index in [1.165, 1.54) is 13.0 Å². The molecule has 1 saturated heterocycles. The van der Waals surface area contributed by atoms with Crippen molar-refractivity contribution in [1.82, 2.24) is 15.5 Å². The van der Waals surface area contributed by atoms with Crippen molar-refractivity contribution in [2.24, 2.45) is 0 Å². The van der Waals surface area contributed by atoms with Crippen LogP contribution in [0.3, 0.4) is 0 Å². The summed E-state index contributed by atoms with van der Waals surface area (Å²) in [6, 6.07) is 3.32. The number of anilines is 1. The molecular formula is C12H16N4O3. The summed E-state index contributed by atoms with van der Waals surface area (Å²) in [5, 5.41) is 19.2. The van der Waals surface area contributed by atoms with Crippen LogP contribution >= 0.6 is 0 Å². The lowest BCUT2D eigenvalue weighted by Crippen LogP contribution is -2.44. The summed E-state index contributed by atoms with van der Waals surface area (Å²) >= 11 is 0. The molecule has 1 aliphatic rings. The van der Waals surface area contributed by atoms with Crippen molar-refractivity contribution in [2.45, 2.75) is 25.8 Å². The van der Waals surface area contributed by atoms with Crippen LogP contribution in [-0.2, 0) is 4.79 Å². The van der Waals surface area contributed by atoms with Crippen LogP contribution in [-0.4, -0.2) is 46.3 Å². The third kappa shape index (κ3) is 3.40. The first-order chi connectivity index (χ1) is 9.06. The van der Waals surface area contributed by atoms with Gasteiger partial charge < -0.3 is 15.3 Å². The molecule has 2 N–H and O–H groups in total. The number of carboxylic acid groups (broad SMARTS) is 1. The second-order valence-electron chi connectivity index (χ2n) is 4.54. The number of aromatic carboxylic acids is 1. The Labute approximate surface area is 110 Å². The maximum Gasteiger partial charge on any atom is 0.356 e. The maximum absolute atomic E-state index is 11.0. The van der Waals surface area contributed by atoms with E-state index < -0.39 is 5.97 Å². The first kappa shape index (κ1) is 13.3. The molecule has 0 spiro atoms. The molecule has 2 rings (SSSR count). The molecule has 1 aliphatic heterocycles. The number of piperidine rings is 1. The van der Waals surface area contributed by atoms with Crippen LogP contribution in [0.25, 0.3) is 0 Å². The van der Waals surface area contributed by atoms with E-state index in [1.54, 1.807) is 6.07 Å². The van der Waals surface area contributed by atoms with Gasteiger partial charge in [-0.05, 0) is 25.0 Å². The van der Waals surface area contributed by atoms with Gasteiger partial charge in [0.2, 0.25) is 5.91 Å². The Morgan fingerprint density at radius 1 is 1.32 bits per heavy atom. The molecule has 1 aromatic rings. The third-order valence-electron chi connectivity index (χ3n) is 3.10. The Bertz CT molecular complexity index is 466. The highest BCUT2D eigenvalue weighted by Gasteiger charge is 2.21. The Kier molecular flexibility index (Phi) is 3.94. The Morgan fingerprint density at radius 2 is 2.00 bits per heavy atom. The molecule has 0 bridgehead atoms. The topological polar surface area (TPSA) is 95.4 Å². The average Bonchev–Trinajstić information content (AvgIpc) is 2.39. The van der Waals surface area contributed by atoms with E-state index in [-0.39, 0.29) is 17.6 Å². The summed E-state index contributed by atoms with van der Waals surface area (Å²) in [7, 11) is 0. The zero-order valence-corrected chi connectivity index (χ0v) is 10.7. The van der Waals surface area contributed by atoms with Crippen LogP contribution in [0.15, 0.2) is 12.1 Å². The Hall–Kier alpha value is -2.18. The smallest absolute Gasteiger partial charge is 0.356 e. The summed E-state index contributed by atoms with van der Waals surface area (Å²) in [6.45, 7) is 3.06. The Balaban J connectivity index is 1.94. The predicted octanol–water partition coefficient (Wildman–Crippen LogP) is 0.280. The molecule has 2 heterocycles. The predicted molar refractivity (Wildman–Crippen MR) is 68.0 cm³/mol. The highest BCUT2D eigenvalue weighted by atomic mass is 16.4. The number of aromatic nitrogens is 2. The van der Waals surface area contributed by atoms with Crippen molar-refractivity contribution in [3.63, 3.8) is 0 Å². The summed E-state index contributed by atoms with van der Waals surface area (Å²) in [4.78, 5) is 23.7. The van der Waals surface area contributed by atoms with Gasteiger partial charge in [0, 0.05) is 26.1 Å². The van der Waals surface area contributed by atoms with Crippen LogP contribution in [0.5, 0.6) is 0 Å². The fourth-order valence-electron chi connectivity index (χ4n) is 2.15. The van der Waals surface area contributed by atoms with Crippen LogP contribution < -0.4 is 10.2 Å². The Morgan fingerprint density at radius 3 is 2.47 bits per heavy atom. The number of carbonyl (C=O) groups excluding carboxylic acids is 1. The van der Waals surface area contributed by atoms with Crippen molar-refractivity contribution in [3.8, 4) is 0 Å². The molecule has 0 saturated carbocycles. The fraction of sp³-hybridized carbons (Fsp3) is 0.500. The summed E-state index contributed by atoms with van der Waals surface area (Å²) < 4.78 is 0. The van der Waals surface area contributed by atoms with Crippen LogP contribution in [0.2, 0.25) is 0 Å². The first-order valence-electron chi connectivity index (χ1n) is 6.15. The monoisotopic (exact) mass is 264 g/mol. The highest BCUT2D eigenvalue weighted by molar-refractivity contribution is 5.85. The molecule has 1 fully saturated rings. The number of rotatable bonds is 3. The quantitative estimate of drug-likeness (QED) is 0.814. The van der Waals surface area contributed by atoms with Crippen molar-refractivity contribution in [2.75, 3.05) is 18.0 Å². The number of amides is 1. The number of carboxylic acids is 1. The van der Waals surface area contributed by atoms with E-state index in [9.17, 15) is 9.59 Å². The number of hydrogen-bond donors (Lipinski definition) is 2. The van der Waals surface area contributed by atoms with Gasteiger partial charge in [0.25, 0.3) is 0 Å². The van der Waals surface area contributed by atoms with Gasteiger partial charge in [-0.15, -0.1) is 10.2 Å². The molecule has 102 valence electrons. The minimum Gasteiger partial charge on any atom is -0.476 e. The number of carbonyl (C=O) groups is 2. The number of nitrogens with zero attached hydrogens (tertiary/aromatic N) is 3. The van der Waals surface area contributed by atoms with Crippen LogP contribution in [0.4, 0.5) is 5.82 Å². The molecular weight excluding hydrogens is 248 g/mol. The maximum atomic E-state index is 11.0. The van der Waals surface area contributed by atoms with Crippen molar-refractivity contribution in [3.05, 3.63) is 17.8 Å². The molecule has 0 atom stereocenters. The molecule has 0 radical (unpaired) electrons. The minimum atomic E-state index is -1.08. The van der Waals surface area contributed by atoms with Crippen LogP contribution in [0.1, 0.15) is 30.3 Å². The second kappa shape index (κ2) is 5.64. The van der Waals surface area contributed by atoms with E-state index in [2.05, 4.69) is 15.5 Å². The third-order valence-corrected chi connectivity index (χ3v) is 3.10. The minimum absolute atomic E-state index is 0.0101. The highest BCUT2D eigenvalue weighted by Crippen LogP contribution is 2.17. The standard InChI is InChI=1S/C12H16N4O3/c1-8(17)13-9-4-6-16(7-5-9)11-3-2-10(12(18)19)14-15-11/h2-3,9H,4-7H2,1H3,(H,13,17)(H,18,19). The number of nitrogens with one attached hydrogen (secondary N) is 1. The molecule has 0 aromatic carbocycles. The van der Waals surface area contributed by atoms with Crippen molar-refractivity contribution in [1.29, 1.82) is 0 Å². The lowest BCUT2D eigenvalue weighted by molar-refractivity contribution is -0.119. The van der Waals surface area contributed by atoms with Gasteiger partial charge in [-0.2, -0.15) is 0 Å². The van der Waals surface area contributed by atoms with Gasteiger partial charge >= 0.3 is 5.97 Å². The van der Waals surface area contributed by atoms with Crippen LogP contribution in [0, 0.1) is 0 Å². The van der Waals surface area contributed by atoms with E-state index in [1.807, 2.05) is 4.90 Å². The lowest BCUT2D eigenvalue weighted by Gasteiger charge is -2.32. The van der Waals surface area contributed by atoms with Gasteiger partial charge in [0.05, 0.1) is 0 Å². The van der Waals surface area contributed by atoms with Gasteiger partial charge in [0.1, 0.15) is 0 Å². The molecule has 1 amide bonds. The second-order valence-corrected chi connectivity index (χ2v) is 4.54. The van der Waals surface area contributed by atoms with Gasteiger partial charge in [-0.3, -0.25) is 4.79 Å². The molecule has 7 heteroatoms. The number of hydrogen-bond acceptors (Lipinski definition) is 5. The normalized spacial score (nSPS) is 16.2. The van der Waals surface area contributed by atoms with E-state index in [4.69, 9.17) is 5.11 Å². The van der Waals surface area contributed by atoms with E-state index >= 15 is 0 Å². The van der Waals surface area contributed by atoms with Gasteiger partial charge in [-0.1, -0.05) is 0 Å². The van der Waals surface area contributed by atoms with Crippen molar-refractivity contribution < 1.29 is 14.7 Å². The van der Waals surface area contributed by atoms with E-state index in [0.717, 1.165) is 25.9 Å². The van der Waals surface area contributed by atoms with Crippen molar-refractivity contribution >= 4 is 17.7 Å². The summed E-state index contributed by atoms with van der Waals surface area (Å²) in [5.41, 5.74) is -0.0584. The first-order valence-corrected chi connectivity index (χ1v) is 6.15. The zero-order valence-electron chi connectivity index (χ0n) is 10.7. The molecule has 7 nitrogen and oxygen atoms in total. The molecule has 19 heavy (non-hydrogen) atoms. The molecule has 1 aromatic heterocycles. The van der Waals surface area contributed by atoms with Gasteiger partial charge in [0.15, 0.2) is 11.5 Å². The zero-order chi connectivity index (χ0) is 13.8. The van der Waals surface area contributed by atoms with Gasteiger partial charge in [-0.25, -0.2) is 4.79 Å². The molecule has 0 unspecified atom stereocenters. The fourth-order valence-corrected chi connectivity index (χ4v) is 2.15.